The molecule has 1 heterocycles. The Kier molecular flexibility index (Phi) is 4.40. The van der Waals surface area contributed by atoms with E-state index in [2.05, 4.69) is 21.5 Å². The summed E-state index contributed by atoms with van der Waals surface area (Å²) in [7, 11) is 1.28. The number of hydrogen-bond acceptors (Lipinski definition) is 3. The highest BCUT2D eigenvalue weighted by Gasteiger charge is 2.12. The summed E-state index contributed by atoms with van der Waals surface area (Å²) in [6.07, 6.45) is 4.01. The van der Waals surface area contributed by atoms with E-state index in [9.17, 15) is 9.18 Å². The van der Waals surface area contributed by atoms with Crippen LogP contribution in [0.1, 0.15) is 22.8 Å². The average molecular weight is 276 g/mol. The zero-order valence-corrected chi connectivity index (χ0v) is 11.5. The molecule has 0 aliphatic heterocycles. The summed E-state index contributed by atoms with van der Waals surface area (Å²) >= 11 is 0. The number of carbonyl (C=O) groups excluding carboxylic acids is 1. The maximum absolute atomic E-state index is 13.2. The van der Waals surface area contributed by atoms with Crippen LogP contribution in [0.3, 0.4) is 0 Å². The third-order valence-electron chi connectivity index (χ3n) is 3.05. The van der Waals surface area contributed by atoms with Crippen molar-refractivity contribution in [3.05, 3.63) is 53.6 Å². The summed E-state index contributed by atoms with van der Waals surface area (Å²) in [6.45, 7) is 3.53. The lowest BCUT2D eigenvalue weighted by Gasteiger charge is -2.10. The quantitative estimate of drug-likeness (QED) is 0.854. The van der Waals surface area contributed by atoms with Crippen LogP contribution in [-0.4, -0.2) is 17.6 Å². The van der Waals surface area contributed by atoms with Crippen molar-refractivity contribution in [2.75, 3.05) is 12.4 Å². The predicted molar refractivity (Wildman–Crippen MR) is 75.2 cm³/mol. The Morgan fingerprint density at radius 2 is 2.20 bits per heavy atom. The second kappa shape index (κ2) is 6.23. The lowest BCUT2D eigenvalue weighted by atomic mass is 10.1. The molecule has 0 aliphatic rings. The Hall–Kier alpha value is -2.30. The van der Waals surface area contributed by atoms with Crippen LogP contribution in [0.4, 0.5) is 10.1 Å². The molecule has 0 saturated carbocycles. The largest absolute Gasteiger partial charge is 0.465 e. The van der Waals surface area contributed by atoms with Crippen LogP contribution in [0, 0.1) is 5.82 Å². The number of esters is 1. The van der Waals surface area contributed by atoms with Crippen molar-refractivity contribution >= 4 is 11.7 Å². The Labute approximate surface area is 117 Å². The normalized spacial score (nSPS) is 10.3. The van der Waals surface area contributed by atoms with Crippen LogP contribution in [0.25, 0.3) is 0 Å². The number of carbonyl (C=O) groups is 1. The topological polar surface area (TPSA) is 43.3 Å². The maximum Gasteiger partial charge on any atom is 0.340 e. The van der Waals surface area contributed by atoms with Gasteiger partial charge in [-0.25, -0.2) is 9.18 Å². The van der Waals surface area contributed by atoms with E-state index in [0.717, 1.165) is 12.1 Å². The number of nitrogens with zero attached hydrogens (tertiary/aromatic N) is 1. The lowest BCUT2D eigenvalue weighted by molar-refractivity contribution is 0.0601. The second-order valence-electron chi connectivity index (χ2n) is 4.39. The van der Waals surface area contributed by atoms with Crippen molar-refractivity contribution in [3.8, 4) is 0 Å². The number of nitrogens with one attached hydrogen (secondary N) is 1. The first-order chi connectivity index (χ1) is 9.63. The van der Waals surface area contributed by atoms with Gasteiger partial charge in [-0.15, -0.1) is 0 Å². The van der Waals surface area contributed by atoms with Crippen molar-refractivity contribution in [2.45, 2.75) is 20.0 Å². The molecule has 0 unspecified atom stereocenters. The predicted octanol–water partition coefficient (Wildman–Crippen LogP) is 3.05. The number of anilines is 1. The van der Waals surface area contributed by atoms with E-state index in [1.54, 1.807) is 6.07 Å². The number of ether oxygens (including phenoxy) is 1. The highest BCUT2D eigenvalue weighted by atomic mass is 19.1. The summed E-state index contributed by atoms with van der Waals surface area (Å²) in [5, 5.41) is 3.13. The number of benzene rings is 1. The summed E-state index contributed by atoms with van der Waals surface area (Å²) in [4.78, 5) is 11.6. The van der Waals surface area contributed by atoms with Gasteiger partial charge < -0.3 is 14.6 Å². The fraction of sp³-hybridized carbons (Fsp3) is 0.267. The highest BCUT2D eigenvalue weighted by molar-refractivity contribution is 5.95. The number of methoxy groups -OCH3 is 1. The minimum Gasteiger partial charge on any atom is -0.465 e. The molecule has 0 bridgehead atoms. The van der Waals surface area contributed by atoms with Gasteiger partial charge in [0.15, 0.2) is 0 Å². The van der Waals surface area contributed by atoms with Gasteiger partial charge in [-0.1, -0.05) is 0 Å². The van der Waals surface area contributed by atoms with Gasteiger partial charge in [0.2, 0.25) is 0 Å². The molecule has 20 heavy (non-hydrogen) atoms. The van der Waals surface area contributed by atoms with Crippen LogP contribution >= 0.6 is 0 Å². The number of rotatable bonds is 5. The van der Waals surface area contributed by atoms with Gasteiger partial charge in [-0.2, -0.15) is 0 Å². The molecule has 2 aromatic rings. The Morgan fingerprint density at radius 3 is 2.85 bits per heavy atom. The minimum atomic E-state index is -0.557. The van der Waals surface area contributed by atoms with Gasteiger partial charge in [-0.3, -0.25) is 0 Å². The first-order valence-electron chi connectivity index (χ1n) is 6.40. The Morgan fingerprint density at radius 1 is 1.40 bits per heavy atom. The Balaban J connectivity index is 2.14. The fourth-order valence-electron chi connectivity index (χ4n) is 1.94. The SMILES string of the molecule is CCn1ccc(CNc2ccc(F)cc2C(=O)OC)c1. The second-order valence-corrected chi connectivity index (χ2v) is 4.39. The maximum atomic E-state index is 13.2. The standard InChI is InChI=1S/C15H17FN2O2/c1-3-18-7-6-11(10-18)9-17-14-5-4-12(16)8-13(14)15(19)20-2/h4-8,10,17H,3,9H2,1-2H3. The number of halogens is 1. The molecule has 1 aromatic carbocycles. The van der Waals surface area contributed by atoms with E-state index in [1.165, 1.54) is 19.2 Å². The van der Waals surface area contributed by atoms with E-state index in [-0.39, 0.29) is 5.56 Å². The third-order valence-corrected chi connectivity index (χ3v) is 3.05. The third kappa shape index (κ3) is 3.17. The first-order valence-corrected chi connectivity index (χ1v) is 6.40. The zero-order valence-electron chi connectivity index (χ0n) is 11.5. The van der Waals surface area contributed by atoms with Crippen molar-refractivity contribution in [1.29, 1.82) is 0 Å². The van der Waals surface area contributed by atoms with Gasteiger partial charge in [0.05, 0.1) is 12.7 Å². The molecule has 0 aliphatic carbocycles. The minimum absolute atomic E-state index is 0.197. The lowest BCUT2D eigenvalue weighted by Crippen LogP contribution is -2.08. The summed E-state index contributed by atoms with van der Waals surface area (Å²) in [5.74, 6) is -1.02. The molecule has 0 spiro atoms. The summed E-state index contributed by atoms with van der Waals surface area (Å²) in [5.41, 5.74) is 1.84. The summed E-state index contributed by atoms with van der Waals surface area (Å²) < 4.78 is 19.9. The van der Waals surface area contributed by atoms with Gasteiger partial charge in [0.25, 0.3) is 0 Å². The van der Waals surface area contributed by atoms with E-state index in [1.807, 2.05) is 18.5 Å². The molecule has 0 atom stereocenters. The number of aromatic nitrogens is 1. The average Bonchev–Trinajstić information content (AvgIpc) is 2.93. The molecule has 0 amide bonds. The molecular weight excluding hydrogens is 259 g/mol. The molecular formula is C15H17FN2O2. The van der Waals surface area contributed by atoms with Gasteiger partial charge in [0.1, 0.15) is 5.82 Å². The van der Waals surface area contributed by atoms with Crippen molar-refractivity contribution < 1.29 is 13.9 Å². The van der Waals surface area contributed by atoms with Crippen LogP contribution in [0.2, 0.25) is 0 Å². The van der Waals surface area contributed by atoms with E-state index in [0.29, 0.717) is 12.2 Å². The Bertz CT molecular complexity index is 608. The van der Waals surface area contributed by atoms with Crippen LogP contribution in [0.5, 0.6) is 0 Å². The molecule has 2 rings (SSSR count). The first kappa shape index (κ1) is 14.1. The molecule has 4 nitrogen and oxygen atoms in total. The fourth-order valence-corrected chi connectivity index (χ4v) is 1.94. The van der Waals surface area contributed by atoms with Crippen LogP contribution in [-0.2, 0) is 17.8 Å². The van der Waals surface area contributed by atoms with Crippen molar-refractivity contribution in [2.24, 2.45) is 0 Å². The molecule has 0 radical (unpaired) electrons. The van der Waals surface area contributed by atoms with Gasteiger partial charge in [-0.05, 0) is 36.8 Å². The molecule has 1 aromatic heterocycles. The van der Waals surface area contributed by atoms with E-state index >= 15 is 0 Å². The monoisotopic (exact) mass is 276 g/mol. The van der Waals surface area contributed by atoms with Crippen LogP contribution in [0.15, 0.2) is 36.7 Å². The van der Waals surface area contributed by atoms with E-state index in [4.69, 9.17) is 0 Å². The summed E-state index contributed by atoms with van der Waals surface area (Å²) in [6, 6.07) is 6.02. The molecule has 0 fully saturated rings. The smallest absolute Gasteiger partial charge is 0.340 e. The highest BCUT2D eigenvalue weighted by Crippen LogP contribution is 2.19. The molecule has 1 N–H and O–H groups in total. The van der Waals surface area contributed by atoms with E-state index < -0.39 is 11.8 Å². The molecule has 5 heteroatoms. The number of aryl methyl sites for hydroxylation is 1. The van der Waals surface area contributed by atoms with Crippen molar-refractivity contribution in [3.63, 3.8) is 0 Å². The van der Waals surface area contributed by atoms with Gasteiger partial charge in [0, 0.05) is 31.2 Å². The van der Waals surface area contributed by atoms with Gasteiger partial charge >= 0.3 is 5.97 Å². The number of hydrogen-bond donors (Lipinski definition) is 1. The van der Waals surface area contributed by atoms with Crippen molar-refractivity contribution in [1.82, 2.24) is 4.57 Å². The molecule has 0 saturated heterocycles. The van der Waals surface area contributed by atoms with Crippen LogP contribution < -0.4 is 5.32 Å². The molecule has 106 valence electrons. The zero-order chi connectivity index (χ0) is 14.5.